The van der Waals surface area contributed by atoms with Crippen LogP contribution in [0.5, 0.6) is 5.88 Å². The topological polar surface area (TPSA) is 39.6 Å². The van der Waals surface area contributed by atoms with Crippen molar-refractivity contribution in [1.29, 1.82) is 0 Å². The minimum Gasteiger partial charge on any atom is -0.492 e. The largest absolute Gasteiger partial charge is 0.492 e. The van der Waals surface area contributed by atoms with Gasteiger partial charge in [-0.3, -0.25) is 0 Å². The lowest BCUT2D eigenvalue weighted by Crippen LogP contribution is -2.46. The molecule has 2 heterocycles. The van der Waals surface area contributed by atoms with Crippen molar-refractivity contribution in [1.82, 2.24) is 4.98 Å². The maximum absolute atomic E-state index is 12.9. The lowest BCUT2D eigenvalue weighted by atomic mass is 10.1. The average molecular weight is 369 g/mol. The number of allylic oxidation sites excluding steroid dienone is 1. The number of hydrogen-bond donors (Lipinski definition) is 1. The van der Waals surface area contributed by atoms with Crippen molar-refractivity contribution in [3.8, 4) is 5.88 Å². The molecule has 2 aromatic rings. The summed E-state index contributed by atoms with van der Waals surface area (Å²) in [5, 5.41) is 10.6. The molecule has 134 valence electrons. The number of thiazole rings is 1. The van der Waals surface area contributed by atoms with Crippen molar-refractivity contribution in [2.45, 2.75) is 13.1 Å². The van der Waals surface area contributed by atoms with Crippen molar-refractivity contribution < 1.29 is 18.3 Å². The van der Waals surface area contributed by atoms with Crippen molar-refractivity contribution in [3.05, 3.63) is 41.3 Å². The molecule has 0 unspecified atom stereocenters. The number of rotatable bonds is 3. The van der Waals surface area contributed by atoms with Crippen LogP contribution in [-0.2, 0) is 6.18 Å². The van der Waals surface area contributed by atoms with Gasteiger partial charge in [0.25, 0.3) is 0 Å². The first-order valence-electron chi connectivity index (χ1n) is 7.78. The zero-order valence-electron chi connectivity index (χ0n) is 13.7. The number of benzene rings is 1. The minimum absolute atomic E-state index is 0.0205. The zero-order chi connectivity index (χ0) is 18.2. The molecule has 0 radical (unpaired) electrons. The highest BCUT2D eigenvalue weighted by Gasteiger charge is 2.31. The highest BCUT2D eigenvalue weighted by atomic mass is 32.1. The molecule has 0 saturated carbocycles. The highest BCUT2D eigenvalue weighted by Crippen LogP contribution is 2.36. The fourth-order valence-electron chi connectivity index (χ4n) is 2.75. The molecule has 25 heavy (non-hydrogen) atoms. The van der Waals surface area contributed by atoms with Crippen LogP contribution in [0.4, 0.5) is 24.0 Å². The SMILES string of the molecule is C=C(C)c1sc(N2CCN(c3cccc(C(F)(F)F)c3)CC2)nc1O. The predicted molar refractivity (Wildman–Crippen MR) is 94.4 cm³/mol. The molecule has 1 saturated heterocycles. The van der Waals surface area contributed by atoms with Crippen LogP contribution < -0.4 is 9.80 Å². The van der Waals surface area contributed by atoms with Gasteiger partial charge in [-0.1, -0.05) is 24.0 Å². The van der Waals surface area contributed by atoms with Crippen LogP contribution >= 0.6 is 11.3 Å². The van der Waals surface area contributed by atoms with Crippen LogP contribution in [0.1, 0.15) is 17.4 Å². The molecular formula is C17H18F3N3OS. The molecule has 0 atom stereocenters. The summed E-state index contributed by atoms with van der Waals surface area (Å²) in [6.07, 6.45) is -4.34. The quantitative estimate of drug-likeness (QED) is 0.879. The Hall–Kier alpha value is -2.22. The van der Waals surface area contributed by atoms with Crippen molar-refractivity contribution >= 4 is 27.7 Å². The van der Waals surface area contributed by atoms with Crippen LogP contribution in [-0.4, -0.2) is 36.3 Å². The Kier molecular flexibility index (Phi) is 4.64. The van der Waals surface area contributed by atoms with Gasteiger partial charge in [-0.25, -0.2) is 0 Å². The van der Waals surface area contributed by atoms with E-state index in [1.54, 1.807) is 6.07 Å². The van der Waals surface area contributed by atoms with Gasteiger partial charge in [-0.2, -0.15) is 18.2 Å². The predicted octanol–water partition coefficient (Wildman–Crippen LogP) is 4.23. The van der Waals surface area contributed by atoms with Gasteiger partial charge < -0.3 is 14.9 Å². The maximum Gasteiger partial charge on any atom is 0.416 e. The Morgan fingerprint density at radius 3 is 2.40 bits per heavy atom. The molecule has 8 heteroatoms. The molecule has 4 nitrogen and oxygen atoms in total. The summed E-state index contributed by atoms with van der Waals surface area (Å²) in [7, 11) is 0. The Labute approximate surface area is 147 Å². The van der Waals surface area contributed by atoms with E-state index in [0.717, 1.165) is 11.6 Å². The maximum atomic E-state index is 12.9. The molecule has 1 aromatic heterocycles. The van der Waals surface area contributed by atoms with E-state index in [4.69, 9.17) is 0 Å². The summed E-state index contributed by atoms with van der Waals surface area (Å²) in [4.78, 5) is 8.79. The number of aromatic nitrogens is 1. The number of halogens is 3. The number of hydrogen-bond acceptors (Lipinski definition) is 5. The fraction of sp³-hybridized carbons (Fsp3) is 0.353. The molecule has 1 N–H and O–H groups in total. The fourth-order valence-corrected chi connectivity index (χ4v) is 3.69. The second-order valence-electron chi connectivity index (χ2n) is 5.95. The van der Waals surface area contributed by atoms with E-state index in [1.807, 2.05) is 16.7 Å². The van der Waals surface area contributed by atoms with E-state index < -0.39 is 11.7 Å². The van der Waals surface area contributed by atoms with Crippen LogP contribution in [0, 0.1) is 0 Å². The second-order valence-corrected chi connectivity index (χ2v) is 6.93. The van der Waals surface area contributed by atoms with Crippen LogP contribution in [0.25, 0.3) is 5.57 Å². The Morgan fingerprint density at radius 1 is 1.20 bits per heavy atom. The van der Waals surface area contributed by atoms with Gasteiger partial charge >= 0.3 is 6.18 Å². The van der Waals surface area contributed by atoms with Crippen molar-refractivity contribution in [2.24, 2.45) is 0 Å². The molecule has 1 aliphatic rings. The number of piperazine rings is 1. The van der Waals surface area contributed by atoms with Gasteiger partial charge in [0.1, 0.15) is 0 Å². The number of nitrogens with zero attached hydrogens (tertiary/aromatic N) is 3. The lowest BCUT2D eigenvalue weighted by Gasteiger charge is -2.36. The molecule has 0 spiro atoms. The normalized spacial score (nSPS) is 15.5. The van der Waals surface area contributed by atoms with Crippen LogP contribution in [0.3, 0.4) is 0 Å². The summed E-state index contributed by atoms with van der Waals surface area (Å²) >= 11 is 1.37. The first-order chi connectivity index (χ1) is 11.8. The van der Waals surface area contributed by atoms with E-state index in [1.165, 1.54) is 23.5 Å². The zero-order valence-corrected chi connectivity index (χ0v) is 14.5. The number of anilines is 2. The summed E-state index contributed by atoms with van der Waals surface area (Å²) < 4.78 is 38.6. The number of alkyl halides is 3. The van der Waals surface area contributed by atoms with Gasteiger partial charge in [0.2, 0.25) is 5.88 Å². The van der Waals surface area contributed by atoms with E-state index in [2.05, 4.69) is 11.6 Å². The third-order valence-corrected chi connectivity index (χ3v) is 5.34. The Morgan fingerprint density at radius 2 is 1.84 bits per heavy atom. The summed E-state index contributed by atoms with van der Waals surface area (Å²) in [5.41, 5.74) is 0.686. The van der Waals surface area contributed by atoms with E-state index >= 15 is 0 Å². The van der Waals surface area contributed by atoms with Crippen molar-refractivity contribution in [3.63, 3.8) is 0 Å². The molecule has 0 amide bonds. The monoisotopic (exact) mass is 369 g/mol. The van der Waals surface area contributed by atoms with Gasteiger partial charge in [0, 0.05) is 31.9 Å². The average Bonchev–Trinajstić information content (AvgIpc) is 2.96. The number of aromatic hydroxyl groups is 1. The van der Waals surface area contributed by atoms with E-state index in [-0.39, 0.29) is 5.88 Å². The Bertz CT molecular complexity index is 780. The van der Waals surface area contributed by atoms with Crippen LogP contribution in [0.2, 0.25) is 0 Å². The van der Waals surface area contributed by atoms with Crippen LogP contribution in [0.15, 0.2) is 30.8 Å². The summed E-state index contributed by atoms with van der Waals surface area (Å²) in [6, 6.07) is 5.39. The molecule has 3 rings (SSSR count). The van der Waals surface area contributed by atoms with E-state index in [9.17, 15) is 18.3 Å². The van der Waals surface area contributed by atoms with E-state index in [0.29, 0.717) is 41.9 Å². The molecule has 0 bridgehead atoms. The van der Waals surface area contributed by atoms with Gasteiger partial charge in [-0.05, 0) is 30.7 Å². The first kappa shape index (κ1) is 17.6. The van der Waals surface area contributed by atoms with Crippen molar-refractivity contribution in [2.75, 3.05) is 36.0 Å². The highest BCUT2D eigenvalue weighted by molar-refractivity contribution is 7.17. The minimum atomic E-state index is -4.34. The Balaban J connectivity index is 1.70. The molecule has 1 aromatic carbocycles. The standard InChI is InChI=1S/C17H18F3N3OS/c1-11(2)14-15(24)21-16(25-14)23-8-6-22(7-9-23)13-5-3-4-12(10-13)17(18,19)20/h3-5,10,24H,1,6-9H2,2H3. The molecule has 0 aliphatic carbocycles. The smallest absolute Gasteiger partial charge is 0.416 e. The van der Waals surface area contributed by atoms with Gasteiger partial charge in [0.15, 0.2) is 5.13 Å². The molecule has 1 fully saturated rings. The third-order valence-electron chi connectivity index (χ3n) is 4.07. The first-order valence-corrected chi connectivity index (χ1v) is 8.60. The van der Waals surface area contributed by atoms with Gasteiger partial charge in [0.05, 0.1) is 10.4 Å². The van der Waals surface area contributed by atoms with Gasteiger partial charge in [-0.15, -0.1) is 0 Å². The molecular weight excluding hydrogens is 351 g/mol. The third kappa shape index (κ3) is 3.73. The summed E-state index contributed by atoms with van der Waals surface area (Å²) in [6.45, 7) is 8.05. The lowest BCUT2D eigenvalue weighted by molar-refractivity contribution is -0.137. The summed E-state index contributed by atoms with van der Waals surface area (Å²) in [5.74, 6) is -0.0205. The second kappa shape index (κ2) is 6.59. The molecule has 1 aliphatic heterocycles.